The number of nitrogens with zero attached hydrogens (tertiary/aromatic N) is 1. The van der Waals surface area contributed by atoms with Gasteiger partial charge in [-0.1, -0.05) is 0 Å². The first-order valence-electron chi connectivity index (χ1n) is 9.04. The molecule has 0 spiro atoms. The van der Waals surface area contributed by atoms with Crippen molar-refractivity contribution in [3.8, 4) is 5.00 Å². The monoisotopic (exact) mass is 379 g/mol. The van der Waals surface area contributed by atoms with Gasteiger partial charge in [0.15, 0.2) is 0 Å². The Morgan fingerprint density at radius 2 is 1.89 bits per heavy atom. The molecule has 0 saturated carbocycles. The van der Waals surface area contributed by atoms with Crippen LogP contribution in [0.3, 0.4) is 0 Å². The number of nitrogens with two attached hydrogens (primary N) is 1. The Hall–Kier alpha value is -2.86. The second-order valence-electron chi connectivity index (χ2n) is 6.83. The average molecular weight is 379 g/mol. The second kappa shape index (κ2) is 7.04. The number of amides is 2. The van der Waals surface area contributed by atoms with Crippen molar-refractivity contribution in [2.45, 2.75) is 32.6 Å². The lowest BCUT2D eigenvalue weighted by molar-refractivity contribution is 0.0997. The van der Waals surface area contributed by atoms with E-state index in [0.717, 1.165) is 35.4 Å². The molecular formula is C21H21N3O2S. The van der Waals surface area contributed by atoms with Gasteiger partial charge in [0.25, 0.3) is 5.91 Å². The molecule has 2 amide bonds. The van der Waals surface area contributed by atoms with E-state index < -0.39 is 5.91 Å². The first-order valence-corrected chi connectivity index (χ1v) is 9.86. The molecule has 2 heterocycles. The summed E-state index contributed by atoms with van der Waals surface area (Å²) in [5, 5.41) is 3.97. The maximum absolute atomic E-state index is 13.2. The number of primary amides is 1. The zero-order valence-corrected chi connectivity index (χ0v) is 15.9. The number of rotatable bonds is 4. The van der Waals surface area contributed by atoms with Crippen LogP contribution in [-0.2, 0) is 12.8 Å². The van der Waals surface area contributed by atoms with E-state index in [9.17, 15) is 9.59 Å². The number of fused-ring (bicyclic) bond motifs is 1. The molecule has 0 bridgehead atoms. The molecule has 5 nitrogen and oxygen atoms in total. The van der Waals surface area contributed by atoms with Gasteiger partial charge >= 0.3 is 0 Å². The Bertz CT molecular complexity index is 1020. The van der Waals surface area contributed by atoms with Crippen LogP contribution < -0.4 is 11.1 Å². The molecule has 1 aromatic carbocycles. The number of carbonyl (C=O) groups is 2. The molecule has 0 atom stereocenters. The molecule has 3 aromatic rings. The number of carbonyl (C=O) groups excluding carboxylic acids is 2. The van der Waals surface area contributed by atoms with Gasteiger partial charge in [0.1, 0.15) is 5.00 Å². The lowest BCUT2D eigenvalue weighted by Crippen LogP contribution is -2.17. The predicted octanol–water partition coefficient (Wildman–Crippen LogP) is 4.08. The van der Waals surface area contributed by atoms with Gasteiger partial charge < -0.3 is 15.6 Å². The van der Waals surface area contributed by atoms with E-state index in [4.69, 9.17) is 5.73 Å². The molecule has 27 heavy (non-hydrogen) atoms. The summed E-state index contributed by atoms with van der Waals surface area (Å²) in [6.45, 7) is 1.81. The summed E-state index contributed by atoms with van der Waals surface area (Å²) in [6.07, 6.45) is 8.21. The topological polar surface area (TPSA) is 77.1 Å². The fraction of sp³-hybridized carbons (Fsp3) is 0.238. The average Bonchev–Trinajstić information content (AvgIpc) is 3.28. The van der Waals surface area contributed by atoms with Crippen molar-refractivity contribution < 1.29 is 9.59 Å². The van der Waals surface area contributed by atoms with E-state index in [1.807, 2.05) is 36.0 Å². The van der Waals surface area contributed by atoms with Gasteiger partial charge in [0.05, 0.1) is 5.56 Å². The highest BCUT2D eigenvalue weighted by Crippen LogP contribution is 2.37. The quantitative estimate of drug-likeness (QED) is 0.717. The zero-order valence-electron chi connectivity index (χ0n) is 15.1. The minimum Gasteiger partial charge on any atom is -0.366 e. The van der Waals surface area contributed by atoms with Gasteiger partial charge in [-0.15, -0.1) is 11.3 Å². The summed E-state index contributed by atoms with van der Waals surface area (Å²) in [6, 6.07) is 9.09. The van der Waals surface area contributed by atoms with Gasteiger partial charge in [-0.3, -0.25) is 9.59 Å². The van der Waals surface area contributed by atoms with E-state index in [-0.39, 0.29) is 5.91 Å². The minimum atomic E-state index is -0.466. The first kappa shape index (κ1) is 17.5. The number of hydrogen-bond acceptors (Lipinski definition) is 3. The highest BCUT2D eigenvalue weighted by molar-refractivity contribution is 7.15. The number of hydrogen-bond donors (Lipinski definition) is 2. The largest absolute Gasteiger partial charge is 0.366 e. The highest BCUT2D eigenvalue weighted by Gasteiger charge is 2.26. The lowest BCUT2D eigenvalue weighted by atomic mass is 9.95. The molecule has 0 fully saturated rings. The van der Waals surface area contributed by atoms with Crippen LogP contribution in [0.2, 0.25) is 0 Å². The highest BCUT2D eigenvalue weighted by atomic mass is 32.1. The molecule has 0 saturated heterocycles. The van der Waals surface area contributed by atoms with Crippen LogP contribution in [0.4, 0.5) is 5.69 Å². The predicted molar refractivity (Wildman–Crippen MR) is 108 cm³/mol. The van der Waals surface area contributed by atoms with Crippen LogP contribution in [0.5, 0.6) is 0 Å². The molecule has 4 rings (SSSR count). The Morgan fingerprint density at radius 3 is 2.59 bits per heavy atom. The molecule has 138 valence electrons. The number of thiophene rings is 1. The summed E-state index contributed by atoms with van der Waals surface area (Å²) in [5.41, 5.74) is 9.19. The van der Waals surface area contributed by atoms with E-state index in [1.165, 1.54) is 16.9 Å². The van der Waals surface area contributed by atoms with Crippen molar-refractivity contribution in [3.63, 3.8) is 0 Å². The van der Waals surface area contributed by atoms with Crippen LogP contribution in [-0.4, -0.2) is 16.4 Å². The molecule has 0 aliphatic heterocycles. The van der Waals surface area contributed by atoms with E-state index in [2.05, 4.69) is 5.32 Å². The van der Waals surface area contributed by atoms with Crippen molar-refractivity contribution in [2.24, 2.45) is 5.73 Å². The number of aromatic nitrogens is 1. The molecule has 0 radical (unpaired) electrons. The van der Waals surface area contributed by atoms with Crippen LogP contribution in [0.1, 0.15) is 49.6 Å². The maximum Gasteiger partial charge on any atom is 0.258 e. The Kier molecular flexibility index (Phi) is 4.58. The number of benzene rings is 1. The molecule has 2 aromatic heterocycles. The summed E-state index contributed by atoms with van der Waals surface area (Å²) in [4.78, 5) is 25.9. The maximum atomic E-state index is 13.2. The zero-order chi connectivity index (χ0) is 19.0. The summed E-state index contributed by atoms with van der Waals surface area (Å²) in [5.74, 6) is -0.573. The minimum absolute atomic E-state index is 0.107. The van der Waals surface area contributed by atoms with Gasteiger partial charge in [0.2, 0.25) is 5.91 Å². The molecular weight excluding hydrogens is 358 g/mol. The van der Waals surface area contributed by atoms with E-state index in [0.29, 0.717) is 11.3 Å². The normalized spacial score (nSPS) is 13.2. The second-order valence-corrected chi connectivity index (χ2v) is 7.91. The van der Waals surface area contributed by atoms with Gasteiger partial charge in [-0.05, 0) is 74.1 Å². The Labute approximate surface area is 161 Å². The SMILES string of the molecule is Cc1cc(NC(=O)c2c(-n3cccc3)sc3c2CCCC3)ccc1C(N)=O. The van der Waals surface area contributed by atoms with Crippen LogP contribution in [0.25, 0.3) is 5.00 Å². The Balaban J connectivity index is 1.70. The fourth-order valence-electron chi connectivity index (χ4n) is 3.65. The fourth-order valence-corrected chi connectivity index (χ4v) is 5.00. The summed E-state index contributed by atoms with van der Waals surface area (Å²) < 4.78 is 2.01. The van der Waals surface area contributed by atoms with Crippen LogP contribution in [0.15, 0.2) is 42.7 Å². The molecule has 1 aliphatic rings. The third kappa shape index (κ3) is 3.28. The standard InChI is InChI=1S/C21H21N3O2S/c1-13-12-14(8-9-15(13)19(22)25)23-20(26)18-16-6-2-3-7-17(16)27-21(18)24-10-4-5-11-24/h4-5,8-12H,2-3,6-7H2,1H3,(H2,22,25)(H,23,26). The van der Waals surface area contributed by atoms with Crippen LogP contribution >= 0.6 is 11.3 Å². The van der Waals surface area contributed by atoms with Gasteiger partial charge in [-0.25, -0.2) is 0 Å². The van der Waals surface area contributed by atoms with Gasteiger partial charge in [0, 0.05) is 28.5 Å². The van der Waals surface area contributed by atoms with Crippen LogP contribution in [0, 0.1) is 6.92 Å². The number of aryl methyl sites for hydroxylation is 2. The molecule has 1 aliphatic carbocycles. The first-order chi connectivity index (χ1) is 13.0. The van der Waals surface area contributed by atoms with Crippen molar-refractivity contribution in [1.29, 1.82) is 0 Å². The lowest BCUT2D eigenvalue weighted by Gasteiger charge is -2.14. The van der Waals surface area contributed by atoms with E-state index in [1.54, 1.807) is 29.5 Å². The number of anilines is 1. The van der Waals surface area contributed by atoms with Crippen molar-refractivity contribution in [2.75, 3.05) is 5.32 Å². The van der Waals surface area contributed by atoms with Gasteiger partial charge in [-0.2, -0.15) is 0 Å². The van der Waals surface area contributed by atoms with Crippen molar-refractivity contribution in [3.05, 3.63) is 69.9 Å². The van der Waals surface area contributed by atoms with Crippen molar-refractivity contribution >= 4 is 28.8 Å². The molecule has 3 N–H and O–H groups in total. The smallest absolute Gasteiger partial charge is 0.258 e. The molecule has 6 heteroatoms. The third-order valence-electron chi connectivity index (χ3n) is 4.97. The summed E-state index contributed by atoms with van der Waals surface area (Å²) in [7, 11) is 0. The Morgan fingerprint density at radius 1 is 1.15 bits per heavy atom. The molecule has 0 unspecified atom stereocenters. The summed E-state index contributed by atoms with van der Waals surface area (Å²) >= 11 is 1.71. The third-order valence-corrected chi connectivity index (χ3v) is 6.27. The number of nitrogens with one attached hydrogen (secondary N) is 1. The van der Waals surface area contributed by atoms with Crippen molar-refractivity contribution in [1.82, 2.24) is 4.57 Å². The van der Waals surface area contributed by atoms with E-state index >= 15 is 0 Å².